The highest BCUT2D eigenvalue weighted by atomic mass is 14.9. The van der Waals surface area contributed by atoms with Crippen molar-refractivity contribution >= 4 is 21.9 Å². The second-order valence-electron chi connectivity index (χ2n) is 3.23. The number of aromatic amines is 1. The van der Waals surface area contributed by atoms with Crippen molar-refractivity contribution in [3.05, 3.63) is 30.5 Å². The number of fused-ring (bicyclic) bond motifs is 3. The summed E-state index contributed by atoms with van der Waals surface area (Å²) in [5, 5.41) is 2.15. The molecule has 3 heterocycles. The number of aromatic nitrogens is 4. The van der Waals surface area contributed by atoms with E-state index in [-0.39, 0.29) is 0 Å². The Kier molecular flexibility index (Phi) is 1.33. The Morgan fingerprint density at radius 1 is 1.29 bits per heavy atom. The van der Waals surface area contributed by atoms with E-state index < -0.39 is 0 Å². The third-order valence-electron chi connectivity index (χ3n) is 2.38. The number of nitrogens with zero attached hydrogens (tertiary/aromatic N) is 3. The van der Waals surface area contributed by atoms with E-state index >= 15 is 0 Å². The van der Waals surface area contributed by atoms with E-state index in [1.165, 1.54) is 0 Å². The van der Waals surface area contributed by atoms with Gasteiger partial charge in [0, 0.05) is 23.2 Å². The highest BCUT2D eigenvalue weighted by Gasteiger charge is 2.07. The summed E-state index contributed by atoms with van der Waals surface area (Å²) in [6.07, 6.45) is 5.17. The first-order chi connectivity index (χ1) is 6.86. The summed E-state index contributed by atoms with van der Waals surface area (Å²) < 4.78 is 0. The van der Waals surface area contributed by atoms with Crippen molar-refractivity contribution in [3.63, 3.8) is 0 Å². The normalized spacial score (nSPS) is 11.2. The van der Waals surface area contributed by atoms with Crippen molar-refractivity contribution < 1.29 is 0 Å². The summed E-state index contributed by atoms with van der Waals surface area (Å²) in [6.45, 7) is 1.98. The van der Waals surface area contributed by atoms with Gasteiger partial charge >= 0.3 is 0 Å². The third kappa shape index (κ3) is 0.849. The fraction of sp³-hybridized carbons (Fsp3) is 0.100. The predicted molar refractivity (Wildman–Crippen MR) is 53.9 cm³/mol. The van der Waals surface area contributed by atoms with Gasteiger partial charge in [-0.05, 0) is 13.0 Å². The molecule has 0 spiro atoms. The number of hydrogen-bond donors (Lipinski definition) is 1. The van der Waals surface area contributed by atoms with Gasteiger partial charge in [0.1, 0.15) is 12.0 Å². The molecule has 0 unspecified atom stereocenters. The number of hydrogen-bond acceptors (Lipinski definition) is 3. The molecule has 4 heteroatoms. The van der Waals surface area contributed by atoms with Crippen molar-refractivity contribution in [2.75, 3.05) is 0 Å². The molecule has 4 nitrogen and oxygen atoms in total. The van der Waals surface area contributed by atoms with Gasteiger partial charge in [-0.3, -0.25) is 4.98 Å². The van der Waals surface area contributed by atoms with Crippen molar-refractivity contribution in [1.29, 1.82) is 0 Å². The van der Waals surface area contributed by atoms with Crippen LogP contribution < -0.4 is 0 Å². The zero-order valence-corrected chi connectivity index (χ0v) is 7.65. The Hall–Kier alpha value is -1.97. The molecule has 0 radical (unpaired) electrons. The van der Waals surface area contributed by atoms with E-state index in [4.69, 9.17) is 0 Å². The number of H-pyrrole nitrogens is 1. The maximum Gasteiger partial charge on any atom is 0.142 e. The Morgan fingerprint density at radius 2 is 2.21 bits per heavy atom. The zero-order valence-electron chi connectivity index (χ0n) is 7.65. The molecule has 3 aromatic heterocycles. The predicted octanol–water partition coefficient (Wildman–Crippen LogP) is 1.81. The van der Waals surface area contributed by atoms with Crippen LogP contribution in [0, 0.1) is 6.92 Å². The van der Waals surface area contributed by atoms with E-state index in [0.29, 0.717) is 0 Å². The van der Waals surface area contributed by atoms with Crippen molar-refractivity contribution in [1.82, 2.24) is 19.9 Å². The van der Waals surface area contributed by atoms with Gasteiger partial charge in [0.05, 0.1) is 11.2 Å². The summed E-state index contributed by atoms with van der Waals surface area (Å²) in [5.74, 6) is 0. The molecule has 0 aliphatic carbocycles. The first-order valence-corrected chi connectivity index (χ1v) is 4.39. The van der Waals surface area contributed by atoms with Gasteiger partial charge in [-0.2, -0.15) is 0 Å². The van der Waals surface area contributed by atoms with Crippen LogP contribution in [0.1, 0.15) is 5.69 Å². The highest BCUT2D eigenvalue weighted by molar-refractivity contribution is 6.06. The summed E-state index contributed by atoms with van der Waals surface area (Å²) in [7, 11) is 0. The number of aryl methyl sites for hydroxylation is 1. The number of nitrogens with one attached hydrogen (secondary N) is 1. The third-order valence-corrected chi connectivity index (χ3v) is 2.38. The van der Waals surface area contributed by atoms with E-state index in [1.54, 1.807) is 12.5 Å². The minimum absolute atomic E-state index is 0.875. The maximum atomic E-state index is 4.18. The standard InChI is InChI=1S/C10H8N4/c1-6-9-7-4-11-3-2-8(7)14-10(9)13-5-12-6/h2-5H,1H3,(H,12,13,14). The molecule has 0 bridgehead atoms. The fourth-order valence-electron chi connectivity index (χ4n) is 1.72. The Bertz CT molecular complexity index is 612. The van der Waals surface area contributed by atoms with E-state index in [1.807, 2.05) is 19.2 Å². The van der Waals surface area contributed by atoms with Crippen LogP contribution in [0.5, 0.6) is 0 Å². The van der Waals surface area contributed by atoms with Crippen LogP contribution in [0.15, 0.2) is 24.8 Å². The fourth-order valence-corrected chi connectivity index (χ4v) is 1.72. The molecule has 0 amide bonds. The molecule has 1 N–H and O–H groups in total. The molecular formula is C10H8N4. The van der Waals surface area contributed by atoms with Crippen molar-refractivity contribution in [2.45, 2.75) is 6.92 Å². The van der Waals surface area contributed by atoms with Gasteiger partial charge in [-0.1, -0.05) is 0 Å². The number of pyridine rings is 1. The van der Waals surface area contributed by atoms with Crippen LogP contribution in [0.2, 0.25) is 0 Å². The van der Waals surface area contributed by atoms with E-state index in [0.717, 1.165) is 27.6 Å². The van der Waals surface area contributed by atoms with Gasteiger partial charge in [0.15, 0.2) is 0 Å². The van der Waals surface area contributed by atoms with Crippen LogP contribution in [0.3, 0.4) is 0 Å². The Labute approximate surface area is 80.0 Å². The lowest BCUT2D eigenvalue weighted by atomic mass is 10.2. The van der Waals surface area contributed by atoms with Gasteiger partial charge in [0.25, 0.3) is 0 Å². The molecule has 0 atom stereocenters. The zero-order chi connectivity index (χ0) is 9.54. The molecule has 14 heavy (non-hydrogen) atoms. The average molecular weight is 184 g/mol. The highest BCUT2D eigenvalue weighted by Crippen LogP contribution is 2.23. The van der Waals surface area contributed by atoms with Crippen LogP contribution in [-0.2, 0) is 0 Å². The summed E-state index contributed by atoms with van der Waals surface area (Å²) >= 11 is 0. The smallest absolute Gasteiger partial charge is 0.142 e. The number of rotatable bonds is 0. The van der Waals surface area contributed by atoms with Crippen molar-refractivity contribution in [2.24, 2.45) is 0 Å². The molecule has 0 saturated carbocycles. The average Bonchev–Trinajstić information content (AvgIpc) is 2.57. The Balaban J connectivity index is 2.65. The van der Waals surface area contributed by atoms with Crippen LogP contribution >= 0.6 is 0 Å². The molecule has 0 aromatic carbocycles. The minimum atomic E-state index is 0.875. The molecule has 0 saturated heterocycles. The lowest BCUT2D eigenvalue weighted by molar-refractivity contribution is 1.14. The quantitative estimate of drug-likeness (QED) is 0.579. The molecular weight excluding hydrogens is 176 g/mol. The summed E-state index contributed by atoms with van der Waals surface area (Å²) in [5.41, 5.74) is 2.91. The SMILES string of the molecule is Cc1ncnc2[nH]c3ccncc3c12. The summed E-state index contributed by atoms with van der Waals surface area (Å²) in [6, 6.07) is 1.94. The minimum Gasteiger partial charge on any atom is -0.339 e. The van der Waals surface area contributed by atoms with Gasteiger partial charge in [0.2, 0.25) is 0 Å². The second kappa shape index (κ2) is 2.51. The van der Waals surface area contributed by atoms with E-state index in [9.17, 15) is 0 Å². The molecule has 0 aliphatic rings. The van der Waals surface area contributed by atoms with Crippen LogP contribution in [0.25, 0.3) is 21.9 Å². The van der Waals surface area contributed by atoms with Gasteiger partial charge in [-0.15, -0.1) is 0 Å². The largest absolute Gasteiger partial charge is 0.339 e. The van der Waals surface area contributed by atoms with Crippen LogP contribution in [0.4, 0.5) is 0 Å². The van der Waals surface area contributed by atoms with E-state index in [2.05, 4.69) is 19.9 Å². The maximum absolute atomic E-state index is 4.18. The summed E-state index contributed by atoms with van der Waals surface area (Å²) in [4.78, 5) is 15.7. The second-order valence-corrected chi connectivity index (χ2v) is 3.23. The lowest BCUT2D eigenvalue weighted by Gasteiger charge is -1.92. The topological polar surface area (TPSA) is 54.5 Å². The molecule has 3 aromatic rings. The lowest BCUT2D eigenvalue weighted by Crippen LogP contribution is -1.84. The van der Waals surface area contributed by atoms with Crippen LogP contribution in [-0.4, -0.2) is 19.9 Å². The Morgan fingerprint density at radius 3 is 3.14 bits per heavy atom. The van der Waals surface area contributed by atoms with Gasteiger partial charge < -0.3 is 4.98 Å². The van der Waals surface area contributed by atoms with Gasteiger partial charge in [-0.25, -0.2) is 9.97 Å². The monoisotopic (exact) mass is 184 g/mol. The molecule has 0 fully saturated rings. The molecule has 68 valence electrons. The molecule has 0 aliphatic heterocycles. The molecule has 3 rings (SSSR count). The first-order valence-electron chi connectivity index (χ1n) is 4.39. The van der Waals surface area contributed by atoms with Crippen molar-refractivity contribution in [3.8, 4) is 0 Å². The first kappa shape index (κ1) is 7.44.